The molecule has 1 aliphatic heterocycles. The van der Waals surface area contributed by atoms with Gasteiger partial charge in [0.05, 0.1) is 10.7 Å². The first-order valence-electron chi connectivity index (χ1n) is 8.43. The number of cyclic esters (lactones) is 1. The Hall–Kier alpha value is -2.41. The molecule has 1 aromatic rings. The lowest BCUT2D eigenvalue weighted by Gasteiger charge is -2.33. The number of carbonyl (C=O) groups excluding carboxylic acids is 4. The first-order chi connectivity index (χ1) is 12.3. The van der Waals surface area contributed by atoms with Crippen LogP contribution in [0.3, 0.4) is 0 Å². The zero-order valence-corrected chi connectivity index (χ0v) is 16.9. The molecule has 3 amide bonds. The van der Waals surface area contributed by atoms with Gasteiger partial charge in [-0.2, -0.15) is 0 Å². The van der Waals surface area contributed by atoms with Crippen molar-refractivity contribution in [3.05, 3.63) is 28.8 Å². The van der Waals surface area contributed by atoms with Crippen LogP contribution in [0.4, 0.5) is 10.5 Å². The molecule has 1 fully saturated rings. The van der Waals surface area contributed by atoms with Crippen molar-refractivity contribution >= 4 is 41.0 Å². The van der Waals surface area contributed by atoms with Crippen molar-refractivity contribution in [2.24, 2.45) is 5.41 Å². The van der Waals surface area contributed by atoms with Crippen molar-refractivity contribution in [3.63, 3.8) is 0 Å². The molecule has 0 aliphatic carbocycles. The third kappa shape index (κ3) is 4.13. The maximum Gasteiger partial charge on any atom is 0.418 e. The number of nitrogens with one attached hydrogen (secondary N) is 1. The van der Waals surface area contributed by atoms with Crippen LogP contribution in [-0.4, -0.2) is 40.2 Å². The zero-order valence-electron chi connectivity index (χ0n) is 16.2. The van der Waals surface area contributed by atoms with Crippen LogP contribution in [-0.2, 0) is 19.1 Å². The minimum atomic E-state index is -1.39. The number of imide groups is 1. The van der Waals surface area contributed by atoms with Crippen LogP contribution in [0.5, 0.6) is 0 Å². The minimum Gasteiger partial charge on any atom is -0.433 e. The van der Waals surface area contributed by atoms with Crippen LogP contribution in [0.25, 0.3) is 0 Å². The van der Waals surface area contributed by atoms with Crippen molar-refractivity contribution < 1.29 is 23.9 Å². The fourth-order valence-corrected chi connectivity index (χ4v) is 3.01. The molecule has 1 atom stereocenters. The number of halogens is 1. The number of nitrogens with zero attached hydrogens (tertiary/aromatic N) is 1. The smallest absolute Gasteiger partial charge is 0.418 e. The van der Waals surface area contributed by atoms with E-state index in [1.54, 1.807) is 39.0 Å². The van der Waals surface area contributed by atoms with Gasteiger partial charge in [-0.05, 0) is 43.9 Å². The van der Waals surface area contributed by atoms with Crippen molar-refractivity contribution in [1.29, 1.82) is 0 Å². The van der Waals surface area contributed by atoms with E-state index in [2.05, 4.69) is 5.32 Å². The number of aryl methyl sites for hydroxylation is 1. The molecule has 0 radical (unpaired) electrons. The first kappa shape index (κ1) is 20.9. The molecular weight excluding hydrogens is 372 g/mol. The zero-order chi connectivity index (χ0) is 20.7. The van der Waals surface area contributed by atoms with Crippen LogP contribution in [0.15, 0.2) is 18.2 Å². The molecule has 7 nitrogen and oxygen atoms in total. The minimum absolute atomic E-state index is 0.270. The molecule has 2 rings (SSSR count). The van der Waals surface area contributed by atoms with Gasteiger partial charge in [0.25, 0.3) is 11.8 Å². The lowest BCUT2D eigenvalue weighted by atomic mass is 9.82. The van der Waals surface area contributed by atoms with Gasteiger partial charge in [0.15, 0.2) is 5.60 Å². The third-order valence-corrected chi connectivity index (χ3v) is 4.52. The second-order valence-corrected chi connectivity index (χ2v) is 8.53. The molecule has 8 heteroatoms. The van der Waals surface area contributed by atoms with Gasteiger partial charge in [-0.25, -0.2) is 9.69 Å². The largest absolute Gasteiger partial charge is 0.433 e. The van der Waals surface area contributed by atoms with Crippen molar-refractivity contribution in [3.8, 4) is 0 Å². The third-order valence-electron chi connectivity index (χ3n) is 4.19. The van der Waals surface area contributed by atoms with Crippen LogP contribution in [0, 0.1) is 12.3 Å². The lowest BCUT2D eigenvalue weighted by molar-refractivity contribution is -0.145. The molecule has 146 valence electrons. The Balaban J connectivity index is 2.36. The summed E-state index contributed by atoms with van der Waals surface area (Å²) in [7, 11) is 0. The second-order valence-electron chi connectivity index (χ2n) is 8.12. The van der Waals surface area contributed by atoms with Crippen molar-refractivity contribution in [2.75, 3.05) is 5.32 Å². The van der Waals surface area contributed by atoms with E-state index in [0.29, 0.717) is 0 Å². The molecule has 1 N–H and O–H groups in total. The summed E-state index contributed by atoms with van der Waals surface area (Å²) in [4.78, 5) is 51.1. The Bertz CT molecular complexity index is 826. The number of hydrogen-bond donors (Lipinski definition) is 1. The van der Waals surface area contributed by atoms with Gasteiger partial charge in [0, 0.05) is 0 Å². The highest BCUT2D eigenvalue weighted by Gasteiger charge is 2.55. The average molecular weight is 395 g/mol. The average Bonchev–Trinajstić information content (AvgIpc) is 2.71. The summed E-state index contributed by atoms with van der Waals surface area (Å²) in [5.41, 5.74) is -1.16. The van der Waals surface area contributed by atoms with Crippen LogP contribution in [0.2, 0.25) is 5.02 Å². The molecule has 1 saturated heterocycles. The highest BCUT2D eigenvalue weighted by Crippen LogP contribution is 2.33. The van der Waals surface area contributed by atoms with E-state index in [1.807, 2.05) is 6.92 Å². The van der Waals surface area contributed by atoms with Gasteiger partial charge in [-0.1, -0.05) is 38.4 Å². The fraction of sp³-hybridized carbons (Fsp3) is 0.474. The van der Waals surface area contributed by atoms with Crippen molar-refractivity contribution in [2.45, 2.75) is 53.2 Å². The quantitative estimate of drug-likeness (QED) is 0.790. The topological polar surface area (TPSA) is 92.8 Å². The first-order valence-corrected chi connectivity index (χ1v) is 8.81. The summed E-state index contributed by atoms with van der Waals surface area (Å²) in [6.45, 7) is 9.66. The predicted octanol–water partition coefficient (Wildman–Crippen LogP) is 3.33. The molecule has 1 aromatic carbocycles. The number of ketones is 1. The Morgan fingerprint density at radius 2 is 1.81 bits per heavy atom. The summed E-state index contributed by atoms with van der Waals surface area (Å²) in [6.07, 6.45) is -0.945. The number of hydrogen-bond acceptors (Lipinski definition) is 5. The molecule has 27 heavy (non-hydrogen) atoms. The number of amides is 3. The van der Waals surface area contributed by atoms with E-state index in [9.17, 15) is 19.2 Å². The molecule has 0 aromatic heterocycles. The Kier molecular flexibility index (Phi) is 5.39. The fourth-order valence-electron chi connectivity index (χ4n) is 2.85. The summed E-state index contributed by atoms with van der Waals surface area (Å²) in [5.74, 6) is -2.56. The van der Waals surface area contributed by atoms with E-state index in [0.717, 1.165) is 10.5 Å². The summed E-state index contributed by atoms with van der Waals surface area (Å²) < 4.78 is 5.07. The molecule has 1 heterocycles. The molecule has 0 spiro atoms. The van der Waals surface area contributed by atoms with Gasteiger partial charge in [0.2, 0.25) is 5.78 Å². The number of carbonyl (C=O) groups is 4. The lowest BCUT2D eigenvalue weighted by Crippen LogP contribution is -2.55. The van der Waals surface area contributed by atoms with E-state index in [-0.39, 0.29) is 10.7 Å². The Labute approximate surface area is 163 Å². The molecular formula is C19H23ClN2O5. The number of ether oxygens (including phenoxy) is 1. The summed E-state index contributed by atoms with van der Waals surface area (Å²) in [6, 6.07) is 3.67. The van der Waals surface area contributed by atoms with Crippen LogP contribution in [0.1, 0.15) is 40.2 Å². The highest BCUT2D eigenvalue weighted by atomic mass is 35.5. The predicted molar refractivity (Wildman–Crippen MR) is 100 cm³/mol. The number of benzene rings is 1. The summed E-state index contributed by atoms with van der Waals surface area (Å²) in [5, 5.41) is 2.74. The maximum absolute atomic E-state index is 12.9. The normalized spacial score (nSPS) is 17.5. The highest BCUT2D eigenvalue weighted by molar-refractivity contribution is 6.44. The molecule has 1 unspecified atom stereocenters. The SMILES string of the molecule is Cc1ccc(Cl)c(NC(=O)C(=O)C(N2C(=O)OC(C)(C)C2=O)C(C)(C)C)c1. The molecule has 0 saturated carbocycles. The van der Waals surface area contributed by atoms with Crippen LogP contribution >= 0.6 is 11.6 Å². The summed E-state index contributed by atoms with van der Waals surface area (Å²) >= 11 is 6.06. The van der Waals surface area contributed by atoms with E-state index < -0.39 is 40.7 Å². The maximum atomic E-state index is 12.9. The molecule has 0 bridgehead atoms. The standard InChI is InChI=1S/C19H23ClN2O5/c1-10-7-8-11(20)12(9-10)21-15(24)13(23)14(18(2,3)4)22-16(25)19(5,6)27-17(22)26/h7-9,14H,1-6H3,(H,21,24). The second kappa shape index (κ2) is 6.96. The molecule has 1 aliphatic rings. The van der Waals surface area contributed by atoms with Gasteiger partial charge >= 0.3 is 6.09 Å². The van der Waals surface area contributed by atoms with E-state index in [1.165, 1.54) is 13.8 Å². The van der Waals surface area contributed by atoms with Gasteiger partial charge in [-0.15, -0.1) is 0 Å². The Morgan fingerprint density at radius 3 is 2.30 bits per heavy atom. The Morgan fingerprint density at radius 1 is 1.22 bits per heavy atom. The van der Waals surface area contributed by atoms with Gasteiger partial charge < -0.3 is 10.1 Å². The van der Waals surface area contributed by atoms with Gasteiger partial charge in [-0.3, -0.25) is 14.4 Å². The van der Waals surface area contributed by atoms with E-state index in [4.69, 9.17) is 16.3 Å². The number of anilines is 1. The van der Waals surface area contributed by atoms with Gasteiger partial charge in [0.1, 0.15) is 6.04 Å². The number of rotatable bonds is 4. The number of Topliss-reactive ketones (excluding diaryl/α,β-unsaturated/α-hetero) is 1. The van der Waals surface area contributed by atoms with Crippen LogP contribution < -0.4 is 5.32 Å². The van der Waals surface area contributed by atoms with E-state index >= 15 is 0 Å². The monoisotopic (exact) mass is 394 g/mol. The van der Waals surface area contributed by atoms with Crippen molar-refractivity contribution in [1.82, 2.24) is 4.90 Å².